The van der Waals surface area contributed by atoms with Gasteiger partial charge in [0.05, 0.1) is 12.4 Å². The average molecular weight is 293 g/mol. The summed E-state index contributed by atoms with van der Waals surface area (Å²) in [5.41, 5.74) is 0.116. The summed E-state index contributed by atoms with van der Waals surface area (Å²) < 4.78 is 4.22. The summed E-state index contributed by atoms with van der Waals surface area (Å²) in [5, 5.41) is 2.93. The van der Waals surface area contributed by atoms with E-state index in [9.17, 15) is 14.5 Å². The molecular weight excluding hydrogens is 274 g/mol. The predicted octanol–water partition coefficient (Wildman–Crippen LogP) is 0.759. The Bertz CT molecular complexity index is 770. The Labute approximate surface area is 121 Å². The highest BCUT2D eigenvalue weighted by Crippen LogP contribution is 2.06. The third-order valence-corrected chi connectivity index (χ3v) is 3.63. The van der Waals surface area contributed by atoms with E-state index < -0.39 is 0 Å². The molecule has 0 saturated carbocycles. The van der Waals surface area contributed by atoms with E-state index in [1.54, 1.807) is 25.6 Å². The van der Waals surface area contributed by atoms with Gasteiger partial charge < -0.3 is 4.57 Å². The number of nitroso groups, excluding NO2 is 1. The zero-order valence-corrected chi connectivity index (χ0v) is 12.4. The molecule has 8 nitrogen and oxygen atoms in total. The van der Waals surface area contributed by atoms with Crippen molar-refractivity contribution in [1.29, 1.82) is 0 Å². The van der Waals surface area contributed by atoms with Crippen LogP contribution < -0.4 is 11.2 Å². The Kier molecular flexibility index (Phi) is 4.35. The summed E-state index contributed by atoms with van der Waals surface area (Å²) in [6, 6.07) is -0.232. The molecule has 0 aliphatic rings. The van der Waals surface area contributed by atoms with Crippen molar-refractivity contribution in [2.24, 2.45) is 19.3 Å². The molecule has 2 aromatic rings. The molecule has 2 heterocycles. The number of aromatic nitrogens is 4. The first kappa shape index (κ1) is 15.1. The van der Waals surface area contributed by atoms with Gasteiger partial charge in [0.1, 0.15) is 0 Å². The van der Waals surface area contributed by atoms with Crippen LogP contribution in [0.5, 0.6) is 0 Å². The van der Waals surface area contributed by atoms with Crippen LogP contribution in [0.2, 0.25) is 0 Å². The standard InChI is InChI=1S/C13H19N5O3/c1-9(15-21)6-4-5-7-18-12(19)10-11(14-8-16(10)2)17(3)13(18)20/h8-9H,4-7H2,1-3H3. The van der Waals surface area contributed by atoms with Crippen molar-refractivity contribution >= 4 is 11.2 Å². The highest BCUT2D eigenvalue weighted by Gasteiger charge is 2.14. The quantitative estimate of drug-likeness (QED) is 0.580. The van der Waals surface area contributed by atoms with Crippen LogP contribution in [-0.4, -0.2) is 24.7 Å². The van der Waals surface area contributed by atoms with Crippen molar-refractivity contribution < 1.29 is 0 Å². The third kappa shape index (κ3) is 2.79. The number of rotatable bonds is 6. The minimum atomic E-state index is -0.368. The van der Waals surface area contributed by atoms with Gasteiger partial charge in [0.15, 0.2) is 11.2 Å². The minimum absolute atomic E-state index is 0.232. The van der Waals surface area contributed by atoms with Gasteiger partial charge in [-0.3, -0.25) is 13.9 Å². The van der Waals surface area contributed by atoms with Crippen molar-refractivity contribution in [2.45, 2.75) is 38.8 Å². The summed E-state index contributed by atoms with van der Waals surface area (Å²) in [7, 11) is 3.33. The molecule has 0 radical (unpaired) electrons. The molecule has 0 bridgehead atoms. The Morgan fingerprint density at radius 3 is 2.67 bits per heavy atom. The second-order valence-electron chi connectivity index (χ2n) is 5.28. The molecule has 2 aromatic heterocycles. The first-order valence-corrected chi connectivity index (χ1v) is 6.90. The second kappa shape index (κ2) is 6.02. The van der Waals surface area contributed by atoms with E-state index in [4.69, 9.17) is 0 Å². The fourth-order valence-corrected chi connectivity index (χ4v) is 2.36. The van der Waals surface area contributed by atoms with Crippen LogP contribution in [0.25, 0.3) is 11.2 Å². The van der Waals surface area contributed by atoms with E-state index in [0.29, 0.717) is 30.6 Å². The van der Waals surface area contributed by atoms with Gasteiger partial charge in [-0.15, -0.1) is 0 Å². The van der Waals surface area contributed by atoms with E-state index >= 15 is 0 Å². The summed E-state index contributed by atoms with van der Waals surface area (Å²) in [6.45, 7) is 2.08. The largest absolute Gasteiger partial charge is 0.332 e. The normalized spacial score (nSPS) is 12.7. The topological polar surface area (TPSA) is 91.2 Å². The number of fused-ring (bicyclic) bond motifs is 1. The number of imidazole rings is 1. The monoisotopic (exact) mass is 293 g/mol. The third-order valence-electron chi connectivity index (χ3n) is 3.63. The maximum atomic E-state index is 12.4. The molecule has 0 amide bonds. The van der Waals surface area contributed by atoms with Crippen molar-refractivity contribution in [3.05, 3.63) is 32.1 Å². The van der Waals surface area contributed by atoms with Crippen molar-refractivity contribution in [2.75, 3.05) is 0 Å². The predicted molar refractivity (Wildman–Crippen MR) is 79.3 cm³/mol. The van der Waals surface area contributed by atoms with Crippen LogP contribution in [0.4, 0.5) is 0 Å². The molecule has 0 aliphatic carbocycles. The zero-order valence-electron chi connectivity index (χ0n) is 12.4. The number of hydrogen-bond donors (Lipinski definition) is 0. The molecule has 0 aromatic carbocycles. The summed E-state index contributed by atoms with van der Waals surface area (Å²) >= 11 is 0. The fourth-order valence-electron chi connectivity index (χ4n) is 2.36. The highest BCUT2D eigenvalue weighted by atomic mass is 16.3. The minimum Gasteiger partial charge on any atom is -0.328 e. The molecule has 1 unspecified atom stereocenters. The van der Waals surface area contributed by atoms with Crippen LogP contribution in [0.1, 0.15) is 26.2 Å². The van der Waals surface area contributed by atoms with Crippen molar-refractivity contribution in [1.82, 2.24) is 18.7 Å². The van der Waals surface area contributed by atoms with Gasteiger partial charge in [-0.25, -0.2) is 9.78 Å². The number of nitrogens with zero attached hydrogens (tertiary/aromatic N) is 5. The number of hydrogen-bond acceptors (Lipinski definition) is 5. The molecular formula is C13H19N5O3. The Balaban J connectivity index is 2.28. The molecule has 0 fully saturated rings. The number of aryl methyl sites for hydroxylation is 2. The molecule has 0 N–H and O–H groups in total. The smallest absolute Gasteiger partial charge is 0.328 e. The van der Waals surface area contributed by atoms with Crippen LogP contribution in [0.15, 0.2) is 21.1 Å². The van der Waals surface area contributed by atoms with Gasteiger partial charge >= 0.3 is 5.69 Å². The molecule has 0 spiro atoms. The lowest BCUT2D eigenvalue weighted by atomic mass is 10.1. The van der Waals surface area contributed by atoms with E-state index in [1.807, 2.05) is 0 Å². The molecule has 114 valence electrons. The van der Waals surface area contributed by atoms with Crippen LogP contribution >= 0.6 is 0 Å². The van der Waals surface area contributed by atoms with Gasteiger partial charge in [-0.2, -0.15) is 4.91 Å². The maximum absolute atomic E-state index is 12.4. The zero-order chi connectivity index (χ0) is 15.6. The molecule has 0 saturated heterocycles. The molecule has 21 heavy (non-hydrogen) atoms. The molecule has 2 rings (SSSR count). The lowest BCUT2D eigenvalue weighted by Crippen LogP contribution is -2.39. The summed E-state index contributed by atoms with van der Waals surface area (Å²) in [5.74, 6) is 0. The molecule has 0 aliphatic heterocycles. The first-order valence-electron chi connectivity index (χ1n) is 6.90. The van der Waals surface area contributed by atoms with Crippen molar-refractivity contribution in [3.63, 3.8) is 0 Å². The maximum Gasteiger partial charge on any atom is 0.332 e. The van der Waals surface area contributed by atoms with Gasteiger partial charge in [-0.1, -0.05) is 5.18 Å². The lowest BCUT2D eigenvalue weighted by molar-refractivity contribution is 0.519. The van der Waals surface area contributed by atoms with E-state index in [2.05, 4.69) is 10.2 Å². The van der Waals surface area contributed by atoms with Gasteiger partial charge in [0.25, 0.3) is 5.56 Å². The van der Waals surface area contributed by atoms with Gasteiger partial charge in [0.2, 0.25) is 0 Å². The van der Waals surface area contributed by atoms with E-state index in [0.717, 1.165) is 6.42 Å². The van der Waals surface area contributed by atoms with Crippen LogP contribution in [-0.2, 0) is 20.6 Å². The molecule has 1 atom stereocenters. The average Bonchev–Trinajstić information content (AvgIpc) is 2.86. The van der Waals surface area contributed by atoms with Crippen LogP contribution in [0, 0.1) is 4.91 Å². The van der Waals surface area contributed by atoms with Crippen molar-refractivity contribution in [3.8, 4) is 0 Å². The SMILES string of the molecule is CC(CCCCn1c(=O)c2c(ncn2C)n(C)c1=O)N=O. The fraction of sp³-hybridized carbons (Fsp3) is 0.615. The highest BCUT2D eigenvalue weighted by molar-refractivity contribution is 5.69. The summed E-state index contributed by atoms with van der Waals surface area (Å²) in [4.78, 5) is 39.0. The molecule has 8 heteroatoms. The first-order chi connectivity index (χ1) is 9.97. The summed E-state index contributed by atoms with van der Waals surface area (Å²) in [6.07, 6.45) is 3.57. The second-order valence-corrected chi connectivity index (χ2v) is 5.28. The van der Waals surface area contributed by atoms with E-state index in [-0.39, 0.29) is 17.3 Å². The Morgan fingerprint density at radius 2 is 2.00 bits per heavy atom. The van der Waals surface area contributed by atoms with E-state index in [1.165, 1.54) is 15.5 Å². The van der Waals surface area contributed by atoms with Gasteiger partial charge in [0, 0.05) is 20.6 Å². The number of unbranched alkanes of at least 4 members (excludes halogenated alkanes) is 1. The van der Waals surface area contributed by atoms with Gasteiger partial charge in [-0.05, 0) is 26.2 Å². The Morgan fingerprint density at radius 1 is 1.29 bits per heavy atom. The lowest BCUT2D eigenvalue weighted by Gasteiger charge is -2.08. The Hall–Kier alpha value is -2.25. The van der Waals surface area contributed by atoms with Crippen LogP contribution in [0.3, 0.4) is 0 Å².